The highest BCUT2D eigenvalue weighted by Gasteiger charge is 2.31. The summed E-state index contributed by atoms with van der Waals surface area (Å²) in [5, 5.41) is 0.186. The molecule has 0 saturated carbocycles. The van der Waals surface area contributed by atoms with Gasteiger partial charge in [-0.05, 0) is 39.0 Å². The van der Waals surface area contributed by atoms with Gasteiger partial charge in [0, 0.05) is 30.7 Å². The maximum atomic E-state index is 12.8. The third-order valence-corrected chi connectivity index (χ3v) is 6.49. The van der Waals surface area contributed by atoms with Crippen molar-refractivity contribution in [1.29, 1.82) is 0 Å². The summed E-state index contributed by atoms with van der Waals surface area (Å²) in [5.41, 5.74) is -0.527. The molecule has 0 unspecified atom stereocenters. The number of ether oxygens (including phenoxy) is 1. The smallest absolute Gasteiger partial charge is 0.320 e. The number of benzene rings is 1. The van der Waals surface area contributed by atoms with E-state index in [0.29, 0.717) is 26.2 Å². The Bertz CT molecular complexity index is 741. The molecule has 0 N–H and O–H groups in total. The molecule has 0 radical (unpaired) electrons. The van der Waals surface area contributed by atoms with Gasteiger partial charge in [-0.2, -0.15) is 4.31 Å². The highest BCUT2D eigenvalue weighted by molar-refractivity contribution is 9.10. The average Bonchev–Trinajstić information content (AvgIpc) is 2.45. The zero-order chi connectivity index (χ0) is 18.8. The van der Waals surface area contributed by atoms with Gasteiger partial charge in [-0.25, -0.2) is 8.42 Å². The van der Waals surface area contributed by atoms with E-state index in [0.717, 1.165) is 4.47 Å². The standard InChI is InChI=1S/C16H22BrClN2O4S/c1-16(2,3)24-15(21)11-19-6-8-20(9-7-19)25(22,23)14-5-4-12(17)10-13(14)18/h4-5,10H,6-9,11H2,1-3H3. The summed E-state index contributed by atoms with van der Waals surface area (Å²) in [6, 6.07) is 4.71. The topological polar surface area (TPSA) is 66.9 Å². The third-order valence-electron chi connectivity index (χ3n) is 3.62. The third kappa shape index (κ3) is 5.65. The summed E-state index contributed by atoms with van der Waals surface area (Å²) in [6.45, 7) is 7.14. The molecule has 1 saturated heterocycles. The van der Waals surface area contributed by atoms with E-state index in [1.54, 1.807) is 12.1 Å². The Hall–Kier alpha value is -0.670. The molecule has 9 heteroatoms. The zero-order valence-electron chi connectivity index (χ0n) is 14.5. The Kier molecular flexibility index (Phi) is 6.54. The number of halogens is 2. The molecule has 2 rings (SSSR count). The van der Waals surface area contributed by atoms with Crippen molar-refractivity contribution in [2.45, 2.75) is 31.3 Å². The SMILES string of the molecule is CC(C)(C)OC(=O)CN1CCN(S(=O)(=O)c2ccc(Br)cc2Cl)CC1. The molecule has 25 heavy (non-hydrogen) atoms. The van der Waals surface area contributed by atoms with Crippen LogP contribution in [0.3, 0.4) is 0 Å². The molecule has 1 heterocycles. The number of hydrogen-bond donors (Lipinski definition) is 0. The summed E-state index contributed by atoms with van der Waals surface area (Å²) in [5.74, 6) is -0.306. The Labute approximate surface area is 162 Å². The van der Waals surface area contributed by atoms with Gasteiger partial charge >= 0.3 is 5.97 Å². The molecule has 1 aromatic carbocycles. The van der Waals surface area contributed by atoms with E-state index < -0.39 is 15.6 Å². The van der Waals surface area contributed by atoms with E-state index in [-0.39, 0.29) is 22.4 Å². The highest BCUT2D eigenvalue weighted by atomic mass is 79.9. The van der Waals surface area contributed by atoms with Crippen LogP contribution in [0, 0.1) is 0 Å². The van der Waals surface area contributed by atoms with Crippen LogP contribution in [0.4, 0.5) is 0 Å². The van der Waals surface area contributed by atoms with Crippen LogP contribution in [-0.4, -0.2) is 61.9 Å². The number of esters is 1. The molecule has 6 nitrogen and oxygen atoms in total. The maximum absolute atomic E-state index is 12.8. The molecule has 0 atom stereocenters. The number of sulfonamides is 1. The first-order valence-corrected chi connectivity index (χ1v) is 10.5. The molecular formula is C16H22BrClN2O4S. The van der Waals surface area contributed by atoms with E-state index in [4.69, 9.17) is 16.3 Å². The predicted octanol–water partition coefficient (Wildman–Crippen LogP) is 2.75. The monoisotopic (exact) mass is 452 g/mol. The van der Waals surface area contributed by atoms with Crippen LogP contribution in [0.15, 0.2) is 27.6 Å². The van der Waals surface area contributed by atoms with Gasteiger partial charge in [0.1, 0.15) is 10.5 Å². The normalized spacial score (nSPS) is 17.5. The van der Waals surface area contributed by atoms with Crippen LogP contribution >= 0.6 is 27.5 Å². The molecule has 1 aliphatic rings. The van der Waals surface area contributed by atoms with Gasteiger partial charge in [0.05, 0.1) is 11.6 Å². The molecule has 0 aliphatic carbocycles. The van der Waals surface area contributed by atoms with Gasteiger partial charge in [-0.15, -0.1) is 0 Å². The fourth-order valence-electron chi connectivity index (χ4n) is 2.51. The quantitative estimate of drug-likeness (QED) is 0.656. The fraction of sp³-hybridized carbons (Fsp3) is 0.562. The zero-order valence-corrected chi connectivity index (χ0v) is 17.6. The minimum Gasteiger partial charge on any atom is -0.459 e. The summed E-state index contributed by atoms with van der Waals surface area (Å²) >= 11 is 9.35. The molecular weight excluding hydrogens is 432 g/mol. The first-order chi connectivity index (χ1) is 11.5. The second-order valence-electron chi connectivity index (χ2n) is 6.84. The Morgan fingerprint density at radius 1 is 1.24 bits per heavy atom. The summed E-state index contributed by atoms with van der Waals surface area (Å²) in [7, 11) is -3.65. The van der Waals surface area contributed by atoms with Gasteiger partial charge in [0.2, 0.25) is 10.0 Å². The minimum atomic E-state index is -3.65. The molecule has 0 spiro atoms. The summed E-state index contributed by atoms with van der Waals surface area (Å²) in [4.78, 5) is 13.9. The Morgan fingerprint density at radius 2 is 1.84 bits per heavy atom. The first-order valence-electron chi connectivity index (χ1n) is 7.88. The Balaban J connectivity index is 1.98. The van der Waals surface area contributed by atoms with Crippen LogP contribution in [0.1, 0.15) is 20.8 Å². The van der Waals surface area contributed by atoms with Crippen molar-refractivity contribution in [2.24, 2.45) is 0 Å². The molecule has 1 aromatic rings. The predicted molar refractivity (Wildman–Crippen MR) is 100 cm³/mol. The second-order valence-corrected chi connectivity index (χ2v) is 10.1. The Morgan fingerprint density at radius 3 is 2.36 bits per heavy atom. The molecule has 1 fully saturated rings. The first kappa shape index (κ1) is 20.6. The number of hydrogen-bond acceptors (Lipinski definition) is 5. The van der Waals surface area contributed by atoms with Crippen molar-refractivity contribution in [3.8, 4) is 0 Å². The summed E-state index contributed by atoms with van der Waals surface area (Å²) in [6.07, 6.45) is 0. The van der Waals surface area contributed by atoms with Crippen molar-refractivity contribution >= 4 is 43.5 Å². The van der Waals surface area contributed by atoms with Crippen LogP contribution < -0.4 is 0 Å². The maximum Gasteiger partial charge on any atom is 0.320 e. The van der Waals surface area contributed by atoms with Crippen molar-refractivity contribution in [1.82, 2.24) is 9.21 Å². The van der Waals surface area contributed by atoms with Crippen molar-refractivity contribution in [3.05, 3.63) is 27.7 Å². The van der Waals surface area contributed by atoms with E-state index >= 15 is 0 Å². The molecule has 0 bridgehead atoms. The number of piperazine rings is 1. The van der Waals surface area contributed by atoms with E-state index in [1.807, 2.05) is 25.7 Å². The highest BCUT2D eigenvalue weighted by Crippen LogP contribution is 2.28. The number of nitrogens with zero attached hydrogens (tertiary/aromatic N) is 2. The van der Waals surface area contributed by atoms with Gasteiger partial charge in [-0.1, -0.05) is 27.5 Å². The van der Waals surface area contributed by atoms with Gasteiger partial charge in [0.25, 0.3) is 0 Å². The lowest BCUT2D eigenvalue weighted by Gasteiger charge is -2.34. The molecule has 140 valence electrons. The fourth-order valence-corrected chi connectivity index (χ4v) is 4.94. The summed E-state index contributed by atoms with van der Waals surface area (Å²) < 4.78 is 32.9. The van der Waals surface area contributed by atoms with Crippen LogP contribution in [0.2, 0.25) is 5.02 Å². The number of rotatable bonds is 4. The van der Waals surface area contributed by atoms with Crippen LogP contribution in [0.25, 0.3) is 0 Å². The lowest BCUT2D eigenvalue weighted by atomic mass is 10.2. The lowest BCUT2D eigenvalue weighted by molar-refractivity contribution is -0.156. The largest absolute Gasteiger partial charge is 0.459 e. The second kappa shape index (κ2) is 7.92. The number of carbonyl (C=O) groups is 1. The molecule has 0 aromatic heterocycles. The average molecular weight is 454 g/mol. The minimum absolute atomic E-state index is 0.0953. The lowest BCUT2D eigenvalue weighted by Crippen LogP contribution is -2.50. The van der Waals surface area contributed by atoms with Gasteiger partial charge < -0.3 is 4.74 Å². The van der Waals surface area contributed by atoms with E-state index in [1.165, 1.54) is 10.4 Å². The molecule has 0 amide bonds. The van der Waals surface area contributed by atoms with Crippen LogP contribution in [0.5, 0.6) is 0 Å². The van der Waals surface area contributed by atoms with Crippen molar-refractivity contribution < 1.29 is 17.9 Å². The molecule has 1 aliphatic heterocycles. The van der Waals surface area contributed by atoms with E-state index in [9.17, 15) is 13.2 Å². The van der Waals surface area contributed by atoms with Crippen molar-refractivity contribution in [2.75, 3.05) is 32.7 Å². The van der Waals surface area contributed by atoms with Gasteiger partial charge in [-0.3, -0.25) is 9.69 Å². The van der Waals surface area contributed by atoms with E-state index in [2.05, 4.69) is 15.9 Å². The number of carbonyl (C=O) groups excluding carboxylic acids is 1. The van der Waals surface area contributed by atoms with Crippen LogP contribution in [-0.2, 0) is 19.6 Å². The van der Waals surface area contributed by atoms with Crippen molar-refractivity contribution in [3.63, 3.8) is 0 Å². The van der Waals surface area contributed by atoms with Gasteiger partial charge in [0.15, 0.2) is 0 Å².